The lowest BCUT2D eigenvalue weighted by atomic mass is 10.0. The first-order valence-electron chi connectivity index (χ1n) is 4.47. The highest BCUT2D eigenvalue weighted by atomic mass is 79.9. The van der Waals surface area contributed by atoms with Crippen molar-refractivity contribution in [3.8, 4) is 0 Å². The fourth-order valence-electron chi connectivity index (χ4n) is 1.33. The summed E-state index contributed by atoms with van der Waals surface area (Å²) in [5.74, 6) is -0.277. The third kappa shape index (κ3) is 3.04. The van der Waals surface area contributed by atoms with Crippen LogP contribution in [0.2, 0.25) is 0 Å². The smallest absolute Gasteiger partial charge is 0.128 e. The fraction of sp³-hybridized carbons (Fsp3) is 0.400. The molecule has 1 aromatic carbocycles. The maximum Gasteiger partial charge on any atom is 0.128 e. The van der Waals surface area contributed by atoms with Crippen LogP contribution < -0.4 is 11.5 Å². The molecule has 0 fully saturated rings. The molecule has 0 aliphatic heterocycles. The summed E-state index contributed by atoms with van der Waals surface area (Å²) < 4.78 is 14.2. The molecule has 0 spiro atoms. The molecule has 0 aromatic heterocycles. The highest BCUT2D eigenvalue weighted by molar-refractivity contribution is 9.10. The molecule has 14 heavy (non-hydrogen) atoms. The number of hydrogen-bond donors (Lipinski definition) is 2. The van der Waals surface area contributed by atoms with Crippen LogP contribution >= 0.6 is 15.9 Å². The quantitative estimate of drug-likeness (QED) is 0.877. The lowest BCUT2D eigenvalue weighted by Crippen LogP contribution is -2.23. The highest BCUT2D eigenvalue weighted by Gasteiger charge is 2.13. The van der Waals surface area contributed by atoms with Crippen LogP contribution in [0.25, 0.3) is 0 Å². The summed E-state index contributed by atoms with van der Waals surface area (Å²) in [6.07, 6.45) is 0.577. The van der Waals surface area contributed by atoms with Crippen molar-refractivity contribution < 1.29 is 4.39 Å². The molecule has 0 saturated carbocycles. The predicted molar refractivity (Wildman–Crippen MR) is 59.3 cm³/mol. The first-order valence-corrected chi connectivity index (χ1v) is 5.26. The molecule has 2 atom stereocenters. The SMILES string of the molecule is CC(N)CC(N)c1cc(Br)ccc1F. The summed E-state index contributed by atoms with van der Waals surface area (Å²) in [6.45, 7) is 1.86. The Balaban J connectivity index is 2.88. The summed E-state index contributed by atoms with van der Waals surface area (Å²) in [4.78, 5) is 0. The molecule has 1 rings (SSSR count). The lowest BCUT2D eigenvalue weighted by Gasteiger charge is -2.15. The van der Waals surface area contributed by atoms with Gasteiger partial charge < -0.3 is 11.5 Å². The topological polar surface area (TPSA) is 52.0 Å². The van der Waals surface area contributed by atoms with E-state index in [0.29, 0.717) is 12.0 Å². The molecule has 2 unspecified atom stereocenters. The average Bonchev–Trinajstić information content (AvgIpc) is 2.08. The van der Waals surface area contributed by atoms with E-state index in [1.54, 1.807) is 12.1 Å². The summed E-state index contributed by atoms with van der Waals surface area (Å²) in [5, 5.41) is 0. The zero-order valence-corrected chi connectivity index (χ0v) is 9.59. The van der Waals surface area contributed by atoms with E-state index in [9.17, 15) is 4.39 Å². The molecule has 0 aliphatic rings. The van der Waals surface area contributed by atoms with Gasteiger partial charge in [0.1, 0.15) is 5.82 Å². The Morgan fingerprint density at radius 2 is 2.07 bits per heavy atom. The Morgan fingerprint density at radius 1 is 1.43 bits per heavy atom. The van der Waals surface area contributed by atoms with Crippen LogP contribution in [0.3, 0.4) is 0 Å². The van der Waals surface area contributed by atoms with Crippen molar-refractivity contribution in [3.05, 3.63) is 34.1 Å². The third-order valence-electron chi connectivity index (χ3n) is 1.98. The molecule has 4 N–H and O–H groups in total. The van der Waals surface area contributed by atoms with Crippen LogP contribution in [-0.4, -0.2) is 6.04 Å². The molecule has 0 saturated heterocycles. The van der Waals surface area contributed by atoms with Crippen LogP contribution in [0.15, 0.2) is 22.7 Å². The van der Waals surface area contributed by atoms with Crippen molar-refractivity contribution in [2.45, 2.75) is 25.4 Å². The van der Waals surface area contributed by atoms with E-state index in [1.165, 1.54) is 6.07 Å². The van der Waals surface area contributed by atoms with Gasteiger partial charge in [0.05, 0.1) is 0 Å². The van der Waals surface area contributed by atoms with Gasteiger partial charge >= 0.3 is 0 Å². The monoisotopic (exact) mass is 260 g/mol. The van der Waals surface area contributed by atoms with Gasteiger partial charge in [0.2, 0.25) is 0 Å². The van der Waals surface area contributed by atoms with Gasteiger partial charge in [0, 0.05) is 22.1 Å². The van der Waals surface area contributed by atoms with Crippen LogP contribution in [0.1, 0.15) is 24.9 Å². The molecule has 1 aromatic rings. The number of benzene rings is 1. The van der Waals surface area contributed by atoms with E-state index in [1.807, 2.05) is 6.92 Å². The Labute approximate surface area is 91.6 Å². The van der Waals surface area contributed by atoms with E-state index in [4.69, 9.17) is 11.5 Å². The molecular weight excluding hydrogens is 247 g/mol. The van der Waals surface area contributed by atoms with Gasteiger partial charge in [-0.05, 0) is 31.5 Å². The minimum atomic E-state index is -0.340. The maximum atomic E-state index is 13.3. The predicted octanol–water partition coefficient (Wildman–Crippen LogP) is 2.33. The third-order valence-corrected chi connectivity index (χ3v) is 2.48. The van der Waals surface area contributed by atoms with E-state index in [2.05, 4.69) is 15.9 Å². The molecule has 4 heteroatoms. The van der Waals surface area contributed by atoms with Gasteiger partial charge in [0.25, 0.3) is 0 Å². The van der Waals surface area contributed by atoms with Crippen molar-refractivity contribution in [2.24, 2.45) is 11.5 Å². The van der Waals surface area contributed by atoms with E-state index in [-0.39, 0.29) is 17.9 Å². The molecule has 0 aliphatic carbocycles. The normalized spacial score (nSPS) is 15.2. The Bertz CT molecular complexity index is 315. The van der Waals surface area contributed by atoms with Crippen molar-refractivity contribution >= 4 is 15.9 Å². The maximum absolute atomic E-state index is 13.3. The van der Waals surface area contributed by atoms with Crippen LogP contribution in [0, 0.1) is 5.82 Å². The number of hydrogen-bond acceptors (Lipinski definition) is 2. The largest absolute Gasteiger partial charge is 0.328 e. The van der Waals surface area contributed by atoms with Gasteiger partial charge in [-0.3, -0.25) is 0 Å². The first kappa shape index (κ1) is 11.6. The van der Waals surface area contributed by atoms with Gasteiger partial charge in [-0.25, -0.2) is 4.39 Å². The van der Waals surface area contributed by atoms with Crippen molar-refractivity contribution in [2.75, 3.05) is 0 Å². The first-order chi connectivity index (χ1) is 6.50. The van der Waals surface area contributed by atoms with Crippen molar-refractivity contribution in [3.63, 3.8) is 0 Å². The summed E-state index contributed by atoms with van der Waals surface area (Å²) in [5.41, 5.74) is 11.9. The zero-order valence-electron chi connectivity index (χ0n) is 8.00. The van der Waals surface area contributed by atoms with Crippen molar-refractivity contribution in [1.82, 2.24) is 0 Å². The standard InChI is InChI=1S/C10H14BrFN2/c1-6(13)4-10(14)8-5-7(11)2-3-9(8)12/h2-3,5-6,10H,4,13-14H2,1H3. The fourth-order valence-corrected chi connectivity index (χ4v) is 1.71. The minimum Gasteiger partial charge on any atom is -0.328 e. The Kier molecular flexibility index (Phi) is 4.04. The summed E-state index contributed by atoms with van der Waals surface area (Å²) in [6, 6.07) is 4.39. The molecular formula is C10H14BrFN2. The summed E-state index contributed by atoms with van der Waals surface area (Å²) >= 11 is 3.28. The van der Waals surface area contributed by atoms with Gasteiger partial charge in [0.15, 0.2) is 0 Å². The lowest BCUT2D eigenvalue weighted by molar-refractivity contribution is 0.529. The van der Waals surface area contributed by atoms with Gasteiger partial charge in [-0.15, -0.1) is 0 Å². The van der Waals surface area contributed by atoms with Crippen molar-refractivity contribution in [1.29, 1.82) is 0 Å². The molecule has 0 amide bonds. The molecule has 0 bridgehead atoms. The molecule has 0 heterocycles. The average molecular weight is 261 g/mol. The second-order valence-electron chi connectivity index (χ2n) is 3.49. The molecule has 0 radical (unpaired) electrons. The number of rotatable bonds is 3. The van der Waals surface area contributed by atoms with Gasteiger partial charge in [-0.1, -0.05) is 15.9 Å². The number of nitrogens with two attached hydrogens (primary N) is 2. The highest BCUT2D eigenvalue weighted by Crippen LogP contribution is 2.22. The van der Waals surface area contributed by atoms with Gasteiger partial charge in [-0.2, -0.15) is 0 Å². The zero-order chi connectivity index (χ0) is 10.7. The molecule has 78 valence electrons. The minimum absolute atomic E-state index is 0.0246. The van der Waals surface area contributed by atoms with E-state index < -0.39 is 0 Å². The second kappa shape index (κ2) is 4.87. The van der Waals surface area contributed by atoms with Crippen LogP contribution in [0.4, 0.5) is 4.39 Å². The summed E-state index contributed by atoms with van der Waals surface area (Å²) in [7, 11) is 0. The van der Waals surface area contributed by atoms with Crippen LogP contribution in [0.5, 0.6) is 0 Å². The van der Waals surface area contributed by atoms with Crippen LogP contribution in [-0.2, 0) is 0 Å². The molecule has 2 nitrogen and oxygen atoms in total. The van der Waals surface area contributed by atoms with E-state index >= 15 is 0 Å². The van der Waals surface area contributed by atoms with E-state index in [0.717, 1.165) is 4.47 Å². The second-order valence-corrected chi connectivity index (χ2v) is 4.40. The Morgan fingerprint density at radius 3 is 2.64 bits per heavy atom. The Hall–Kier alpha value is -0.450. The number of halogens is 2.